The Morgan fingerprint density at radius 1 is 1.60 bits per heavy atom. The van der Waals surface area contributed by atoms with Gasteiger partial charge in [-0.25, -0.2) is 0 Å². The molecule has 0 fully saturated rings. The maximum Gasteiger partial charge on any atom is 0.273 e. The van der Waals surface area contributed by atoms with Crippen molar-refractivity contribution in [2.75, 3.05) is 18.6 Å². The van der Waals surface area contributed by atoms with Crippen LogP contribution in [0.2, 0.25) is 0 Å². The molecule has 0 aromatic heterocycles. The van der Waals surface area contributed by atoms with Crippen molar-refractivity contribution in [2.24, 2.45) is 0 Å². The minimum atomic E-state index is -0.448. The molecule has 0 aliphatic carbocycles. The van der Waals surface area contributed by atoms with Gasteiger partial charge in [0.2, 0.25) is 0 Å². The van der Waals surface area contributed by atoms with Gasteiger partial charge in [-0.05, 0) is 6.07 Å². The van der Waals surface area contributed by atoms with Crippen molar-refractivity contribution in [3.05, 3.63) is 28.3 Å². The Balaban J connectivity index is 2.47. The molecule has 78 valence electrons. The van der Waals surface area contributed by atoms with Gasteiger partial charge in [-0.1, -0.05) is 12.2 Å². The van der Waals surface area contributed by atoms with Crippen LogP contribution in [-0.4, -0.2) is 23.6 Å². The number of nitro benzene ring substituents is 1. The zero-order valence-corrected chi connectivity index (χ0v) is 8.78. The molecule has 5 nitrogen and oxygen atoms in total. The van der Waals surface area contributed by atoms with Gasteiger partial charge in [-0.15, -0.1) is 0 Å². The first-order valence-corrected chi connectivity index (χ1v) is 4.68. The van der Waals surface area contributed by atoms with Gasteiger partial charge in [0.25, 0.3) is 5.69 Å². The lowest BCUT2D eigenvalue weighted by atomic mass is 10.2. The van der Waals surface area contributed by atoms with Crippen LogP contribution < -0.4 is 9.64 Å². The first-order chi connectivity index (χ1) is 7.09. The van der Waals surface area contributed by atoms with E-state index in [1.54, 1.807) is 11.0 Å². The van der Waals surface area contributed by atoms with Crippen LogP contribution in [0.5, 0.6) is 5.75 Å². The van der Waals surface area contributed by atoms with Crippen LogP contribution in [0.3, 0.4) is 0 Å². The summed E-state index contributed by atoms with van der Waals surface area (Å²) < 4.78 is 5.31. The Morgan fingerprint density at radius 2 is 2.33 bits per heavy atom. The average Bonchev–Trinajstić information content (AvgIpc) is 2.23. The monoisotopic (exact) mass is 224 g/mol. The van der Waals surface area contributed by atoms with Crippen LogP contribution in [0.15, 0.2) is 18.2 Å². The Bertz CT molecular complexity index is 447. The summed E-state index contributed by atoms with van der Waals surface area (Å²) >= 11 is 5.06. The smallest absolute Gasteiger partial charge is 0.273 e. The minimum absolute atomic E-state index is 0.0231. The van der Waals surface area contributed by atoms with Gasteiger partial charge >= 0.3 is 0 Å². The van der Waals surface area contributed by atoms with E-state index in [9.17, 15) is 10.1 Å². The summed E-state index contributed by atoms with van der Waals surface area (Å²) in [5, 5.41) is 10.5. The molecular formula is C9H8N2O3S. The molecule has 1 aliphatic rings. The second-order valence-corrected chi connectivity index (χ2v) is 3.62. The van der Waals surface area contributed by atoms with Crippen molar-refractivity contribution in [1.29, 1.82) is 0 Å². The predicted molar refractivity (Wildman–Crippen MR) is 59.6 cm³/mol. The van der Waals surface area contributed by atoms with Crippen LogP contribution in [-0.2, 0) is 0 Å². The van der Waals surface area contributed by atoms with Gasteiger partial charge in [0.15, 0.2) is 0 Å². The van der Waals surface area contributed by atoms with Crippen LogP contribution >= 0.6 is 12.2 Å². The number of nitro groups is 1. The zero-order valence-electron chi connectivity index (χ0n) is 7.97. The topological polar surface area (TPSA) is 55.6 Å². The molecule has 1 aliphatic heterocycles. The summed E-state index contributed by atoms with van der Waals surface area (Å²) in [6.45, 7) is 0.292. The Hall–Kier alpha value is -1.69. The fraction of sp³-hybridized carbons (Fsp3) is 0.222. The third-order valence-corrected chi connectivity index (χ3v) is 2.63. The normalized spacial score (nSPS) is 14.5. The van der Waals surface area contributed by atoms with Crippen molar-refractivity contribution in [1.82, 2.24) is 0 Å². The van der Waals surface area contributed by atoms with Crippen LogP contribution in [0.4, 0.5) is 11.4 Å². The number of anilines is 1. The molecule has 6 heteroatoms. The highest BCUT2D eigenvalue weighted by Gasteiger charge is 2.21. The largest absolute Gasteiger partial charge is 0.484 e. The van der Waals surface area contributed by atoms with Gasteiger partial charge < -0.3 is 9.64 Å². The maximum absolute atomic E-state index is 10.5. The van der Waals surface area contributed by atoms with E-state index in [4.69, 9.17) is 17.0 Å². The Morgan fingerprint density at radius 3 is 3.00 bits per heavy atom. The predicted octanol–water partition coefficient (Wildman–Crippen LogP) is 1.75. The van der Waals surface area contributed by atoms with E-state index in [-0.39, 0.29) is 5.69 Å². The quantitative estimate of drug-likeness (QED) is 0.413. The van der Waals surface area contributed by atoms with E-state index in [2.05, 4.69) is 0 Å². The molecular weight excluding hydrogens is 216 g/mol. The lowest BCUT2D eigenvalue weighted by Gasteiger charge is -2.27. The number of hydrogen-bond donors (Lipinski definition) is 0. The van der Waals surface area contributed by atoms with E-state index in [0.29, 0.717) is 17.3 Å². The van der Waals surface area contributed by atoms with E-state index in [1.165, 1.54) is 12.1 Å². The number of likely N-dealkylation sites (N-methyl/N-ethyl adjacent to an activating group) is 1. The number of hydrogen-bond acceptors (Lipinski definition) is 4. The molecule has 0 saturated carbocycles. The SMILES string of the molecule is CN1C(=S)COc2cc([N+](=O)[O-])ccc21. The van der Waals surface area contributed by atoms with Crippen LogP contribution in [0, 0.1) is 10.1 Å². The van der Waals surface area contributed by atoms with Gasteiger partial charge in [0, 0.05) is 13.1 Å². The summed E-state index contributed by atoms with van der Waals surface area (Å²) in [5.41, 5.74) is 0.784. The van der Waals surface area contributed by atoms with Gasteiger partial charge in [0.05, 0.1) is 16.7 Å². The van der Waals surface area contributed by atoms with Crippen molar-refractivity contribution in [2.45, 2.75) is 0 Å². The Labute approximate surface area is 91.4 Å². The van der Waals surface area contributed by atoms with Gasteiger partial charge in [-0.3, -0.25) is 10.1 Å². The highest BCUT2D eigenvalue weighted by atomic mass is 32.1. The first-order valence-electron chi connectivity index (χ1n) is 4.27. The van der Waals surface area contributed by atoms with E-state index >= 15 is 0 Å². The van der Waals surface area contributed by atoms with E-state index < -0.39 is 4.92 Å². The van der Waals surface area contributed by atoms with Crippen molar-refractivity contribution in [3.8, 4) is 5.75 Å². The molecule has 1 aromatic rings. The lowest BCUT2D eigenvalue weighted by Crippen LogP contribution is -2.33. The number of thiocarbonyl (C=S) groups is 1. The molecule has 2 rings (SSSR count). The minimum Gasteiger partial charge on any atom is -0.484 e. The van der Waals surface area contributed by atoms with E-state index in [1.807, 2.05) is 7.05 Å². The van der Waals surface area contributed by atoms with Crippen molar-refractivity contribution < 1.29 is 9.66 Å². The highest BCUT2D eigenvalue weighted by Crippen LogP contribution is 2.34. The molecule has 15 heavy (non-hydrogen) atoms. The molecule has 0 amide bonds. The summed E-state index contributed by atoms with van der Waals surface area (Å²) in [4.78, 5) is 12.5. The highest BCUT2D eigenvalue weighted by molar-refractivity contribution is 7.80. The fourth-order valence-corrected chi connectivity index (χ4v) is 1.54. The first kappa shape index (κ1) is 9.85. The van der Waals surface area contributed by atoms with Gasteiger partial charge in [0.1, 0.15) is 17.3 Å². The third-order valence-electron chi connectivity index (χ3n) is 2.24. The van der Waals surface area contributed by atoms with Crippen molar-refractivity contribution in [3.63, 3.8) is 0 Å². The van der Waals surface area contributed by atoms with Crippen LogP contribution in [0.1, 0.15) is 0 Å². The number of nitrogens with zero attached hydrogens (tertiary/aromatic N) is 2. The molecule has 0 unspecified atom stereocenters. The second-order valence-electron chi connectivity index (χ2n) is 3.15. The molecule has 0 spiro atoms. The second kappa shape index (κ2) is 3.47. The van der Waals surface area contributed by atoms with E-state index in [0.717, 1.165) is 5.69 Å². The summed E-state index contributed by atoms with van der Waals surface area (Å²) in [7, 11) is 1.82. The molecule has 0 radical (unpaired) electrons. The number of benzene rings is 1. The average molecular weight is 224 g/mol. The molecule has 1 heterocycles. The van der Waals surface area contributed by atoms with Gasteiger partial charge in [-0.2, -0.15) is 0 Å². The summed E-state index contributed by atoms with van der Waals surface area (Å²) in [5.74, 6) is 0.500. The molecule has 0 N–H and O–H groups in total. The van der Waals surface area contributed by atoms with Crippen molar-refractivity contribution >= 4 is 28.6 Å². The maximum atomic E-state index is 10.5. The summed E-state index contributed by atoms with van der Waals surface area (Å²) in [6, 6.07) is 4.49. The molecule has 0 saturated heterocycles. The molecule has 0 bridgehead atoms. The Kier molecular flexibility index (Phi) is 2.28. The number of rotatable bonds is 1. The molecule has 1 aromatic carbocycles. The third kappa shape index (κ3) is 1.63. The van der Waals surface area contributed by atoms with Crippen LogP contribution in [0.25, 0.3) is 0 Å². The standard InChI is InChI=1S/C9H8N2O3S/c1-10-7-3-2-6(11(12)13)4-8(7)14-5-9(10)15/h2-4H,5H2,1H3. The lowest BCUT2D eigenvalue weighted by molar-refractivity contribution is -0.384. The summed E-state index contributed by atoms with van der Waals surface area (Å²) in [6.07, 6.45) is 0. The number of fused-ring (bicyclic) bond motifs is 1. The fourth-order valence-electron chi connectivity index (χ4n) is 1.38. The number of non-ortho nitro benzene ring substituents is 1. The number of ether oxygens (including phenoxy) is 1. The zero-order chi connectivity index (χ0) is 11.0. The molecule has 0 atom stereocenters.